The largest absolute Gasteiger partial charge is 1.00 e. The fraction of sp³-hybridized carbons (Fsp3) is 0.242. The number of aryl methyl sites for hydroxylation is 4. The molecule has 0 unspecified atom stereocenters. The second kappa shape index (κ2) is 10.6. The summed E-state index contributed by atoms with van der Waals surface area (Å²) in [7, 11) is 3.41. The number of hydrogen-bond acceptors (Lipinski definition) is 4. The molecular formula is C33H30INO4. The Hall–Kier alpha value is -3.52. The second-order valence-corrected chi connectivity index (χ2v) is 10.0. The van der Waals surface area contributed by atoms with Crippen LogP contribution in [0.25, 0.3) is 32.8 Å². The van der Waals surface area contributed by atoms with E-state index < -0.39 is 0 Å². The number of rotatable bonds is 6. The number of ether oxygens (including phenoxy) is 4. The van der Waals surface area contributed by atoms with E-state index in [0.717, 1.165) is 60.6 Å². The van der Waals surface area contributed by atoms with E-state index >= 15 is 0 Å². The third-order valence-electron chi connectivity index (χ3n) is 8.00. The lowest BCUT2D eigenvalue weighted by Crippen LogP contribution is -3.00. The van der Waals surface area contributed by atoms with E-state index in [4.69, 9.17) is 18.9 Å². The van der Waals surface area contributed by atoms with Crippen molar-refractivity contribution in [1.29, 1.82) is 0 Å². The molecule has 5 aromatic rings. The average Bonchev–Trinajstić information content (AvgIpc) is 3.42. The topological polar surface area (TPSA) is 40.8 Å². The number of halogens is 1. The molecule has 2 aliphatic rings. The zero-order chi connectivity index (χ0) is 25.6. The van der Waals surface area contributed by atoms with E-state index in [1.54, 1.807) is 14.2 Å². The molecule has 7 rings (SSSR count). The lowest BCUT2D eigenvalue weighted by Gasteiger charge is -2.21. The maximum Gasteiger partial charge on any atom is 0.231 e. The number of benzene rings is 4. The van der Waals surface area contributed by atoms with Crippen LogP contribution in [0.5, 0.6) is 23.0 Å². The lowest BCUT2D eigenvalue weighted by atomic mass is 9.88. The molecule has 0 fully saturated rings. The van der Waals surface area contributed by atoms with E-state index in [9.17, 15) is 0 Å². The Morgan fingerprint density at radius 2 is 1.64 bits per heavy atom. The molecule has 0 amide bonds. The molecule has 0 bridgehead atoms. The van der Waals surface area contributed by atoms with Gasteiger partial charge in [0, 0.05) is 17.4 Å². The van der Waals surface area contributed by atoms with Crippen LogP contribution in [0.1, 0.15) is 23.1 Å². The minimum Gasteiger partial charge on any atom is -1.00 e. The smallest absolute Gasteiger partial charge is 0.231 e. The Bertz CT molecular complexity index is 1710. The van der Waals surface area contributed by atoms with E-state index in [0.29, 0.717) is 0 Å². The summed E-state index contributed by atoms with van der Waals surface area (Å²) in [5.74, 6) is 3.21. The molecule has 198 valence electrons. The van der Waals surface area contributed by atoms with Crippen molar-refractivity contribution in [3.8, 4) is 34.3 Å². The Balaban J connectivity index is 0.00000277. The number of nitrogens with zero attached hydrogens (tertiary/aromatic N) is 1. The molecule has 5 nitrogen and oxygen atoms in total. The first kappa shape index (κ1) is 25.7. The Kier molecular flexibility index (Phi) is 6.97. The zero-order valence-electron chi connectivity index (χ0n) is 22.1. The molecule has 0 saturated carbocycles. The van der Waals surface area contributed by atoms with Gasteiger partial charge in [-0.25, -0.2) is 0 Å². The molecule has 0 N–H and O–H groups in total. The SMILES string of the molecule is COc1ccc2c(CCCc3cccc4ccccc34)c3[n+](cc2c1OC)CCc1cc2c(cc1-3)OCO2.[I-]. The summed E-state index contributed by atoms with van der Waals surface area (Å²) in [6.07, 6.45) is 6.16. The van der Waals surface area contributed by atoms with Crippen LogP contribution in [0.2, 0.25) is 0 Å². The molecule has 0 aliphatic carbocycles. The Morgan fingerprint density at radius 1 is 0.821 bits per heavy atom. The van der Waals surface area contributed by atoms with Crippen molar-refractivity contribution in [3.63, 3.8) is 0 Å². The van der Waals surface area contributed by atoms with Gasteiger partial charge in [0.25, 0.3) is 0 Å². The van der Waals surface area contributed by atoms with Gasteiger partial charge in [0.1, 0.15) is 0 Å². The highest BCUT2D eigenvalue weighted by atomic mass is 127. The van der Waals surface area contributed by atoms with Crippen molar-refractivity contribution in [2.45, 2.75) is 32.2 Å². The van der Waals surface area contributed by atoms with Crippen LogP contribution < -0.4 is 47.5 Å². The van der Waals surface area contributed by atoms with Crippen LogP contribution >= 0.6 is 0 Å². The fourth-order valence-corrected chi connectivity index (χ4v) is 6.23. The summed E-state index contributed by atoms with van der Waals surface area (Å²) in [5.41, 5.74) is 6.54. The van der Waals surface area contributed by atoms with Crippen LogP contribution in [0.4, 0.5) is 0 Å². The minimum atomic E-state index is 0. The van der Waals surface area contributed by atoms with Crippen LogP contribution in [0.3, 0.4) is 0 Å². The second-order valence-electron chi connectivity index (χ2n) is 10.0. The van der Waals surface area contributed by atoms with Crippen molar-refractivity contribution in [3.05, 3.63) is 89.6 Å². The fourth-order valence-electron chi connectivity index (χ4n) is 6.23. The monoisotopic (exact) mass is 631 g/mol. The molecule has 3 heterocycles. The van der Waals surface area contributed by atoms with Crippen molar-refractivity contribution in [1.82, 2.24) is 0 Å². The van der Waals surface area contributed by atoms with Gasteiger partial charge in [-0.3, -0.25) is 0 Å². The van der Waals surface area contributed by atoms with Gasteiger partial charge >= 0.3 is 0 Å². The summed E-state index contributed by atoms with van der Waals surface area (Å²) in [5, 5.41) is 4.93. The lowest BCUT2D eigenvalue weighted by molar-refractivity contribution is -0.686. The first-order valence-corrected chi connectivity index (χ1v) is 13.2. The first-order chi connectivity index (χ1) is 18.7. The van der Waals surface area contributed by atoms with Gasteiger partial charge in [0.15, 0.2) is 35.7 Å². The number of methoxy groups -OCH3 is 2. The van der Waals surface area contributed by atoms with Gasteiger partial charge < -0.3 is 42.9 Å². The van der Waals surface area contributed by atoms with E-state index in [1.165, 1.54) is 44.1 Å². The van der Waals surface area contributed by atoms with Crippen molar-refractivity contribution < 1.29 is 47.5 Å². The molecular weight excluding hydrogens is 601 g/mol. The average molecular weight is 632 g/mol. The molecule has 0 radical (unpaired) electrons. The van der Waals surface area contributed by atoms with Gasteiger partial charge in [-0.15, -0.1) is 0 Å². The van der Waals surface area contributed by atoms with E-state index in [2.05, 4.69) is 71.4 Å². The molecule has 2 aliphatic heterocycles. The number of aromatic nitrogens is 1. The molecule has 0 atom stereocenters. The predicted molar refractivity (Wildman–Crippen MR) is 148 cm³/mol. The predicted octanol–water partition coefficient (Wildman–Crippen LogP) is 3.43. The van der Waals surface area contributed by atoms with Crippen molar-refractivity contribution >= 4 is 21.5 Å². The molecule has 0 spiro atoms. The van der Waals surface area contributed by atoms with Gasteiger partial charge in [0.2, 0.25) is 12.5 Å². The maximum absolute atomic E-state index is 5.87. The van der Waals surface area contributed by atoms with E-state index in [-0.39, 0.29) is 30.8 Å². The third-order valence-corrected chi connectivity index (χ3v) is 8.00. The molecule has 39 heavy (non-hydrogen) atoms. The quantitative estimate of drug-likeness (QED) is 0.213. The van der Waals surface area contributed by atoms with Crippen molar-refractivity contribution in [2.75, 3.05) is 21.0 Å². The normalized spacial score (nSPS) is 13.1. The highest BCUT2D eigenvalue weighted by Crippen LogP contribution is 2.44. The standard InChI is InChI=1S/C33H30NO4.HI/c1-35-29-14-13-25-26(12-6-10-22-9-5-8-21-7-3-4-11-24(21)22)32-27-18-31-30(37-20-38-31)17-23(27)15-16-34(32)19-28(25)33(29)36-2;/h3-5,7-9,11,13-14,17-19H,6,10,12,15-16,20H2,1-2H3;1H/q+1;/p-1. The number of fused-ring (bicyclic) bond motifs is 6. The molecule has 4 aromatic carbocycles. The summed E-state index contributed by atoms with van der Waals surface area (Å²) >= 11 is 0. The number of pyridine rings is 1. The van der Waals surface area contributed by atoms with Crippen molar-refractivity contribution in [2.24, 2.45) is 0 Å². The van der Waals surface area contributed by atoms with Gasteiger partial charge in [-0.1, -0.05) is 42.5 Å². The van der Waals surface area contributed by atoms with Gasteiger partial charge in [-0.05, 0) is 65.4 Å². The Labute approximate surface area is 245 Å². The van der Waals surface area contributed by atoms with Crippen LogP contribution in [0, 0.1) is 0 Å². The summed E-state index contributed by atoms with van der Waals surface area (Å²) in [6, 6.07) is 23.8. The molecule has 0 saturated heterocycles. The molecule has 6 heteroatoms. The van der Waals surface area contributed by atoms with Gasteiger partial charge in [-0.2, -0.15) is 4.57 Å². The zero-order valence-corrected chi connectivity index (χ0v) is 24.3. The third kappa shape index (κ3) is 4.35. The maximum atomic E-state index is 5.87. The highest BCUT2D eigenvalue weighted by molar-refractivity contribution is 5.95. The van der Waals surface area contributed by atoms with Gasteiger partial charge in [0.05, 0.1) is 25.2 Å². The van der Waals surface area contributed by atoms with E-state index in [1.807, 2.05) is 6.07 Å². The first-order valence-electron chi connectivity index (χ1n) is 13.2. The highest BCUT2D eigenvalue weighted by Gasteiger charge is 2.32. The number of hydrogen-bond donors (Lipinski definition) is 0. The van der Waals surface area contributed by atoms with Crippen LogP contribution in [-0.2, 0) is 25.8 Å². The van der Waals surface area contributed by atoms with Crippen LogP contribution in [0.15, 0.2) is 72.9 Å². The summed E-state index contributed by atoms with van der Waals surface area (Å²) in [6.45, 7) is 1.18. The van der Waals surface area contributed by atoms with Crippen LogP contribution in [-0.4, -0.2) is 21.0 Å². The molecule has 1 aromatic heterocycles. The minimum absolute atomic E-state index is 0. The summed E-state index contributed by atoms with van der Waals surface area (Å²) in [4.78, 5) is 0. The summed E-state index contributed by atoms with van der Waals surface area (Å²) < 4.78 is 25.4. The Morgan fingerprint density at radius 3 is 2.49 bits per heavy atom.